The van der Waals surface area contributed by atoms with E-state index in [0.717, 1.165) is 19.2 Å². The summed E-state index contributed by atoms with van der Waals surface area (Å²) in [6, 6.07) is 30.4. The van der Waals surface area contributed by atoms with E-state index in [1.165, 1.54) is 6.08 Å². The molecule has 0 aromatic heterocycles. The van der Waals surface area contributed by atoms with Crippen LogP contribution in [0.5, 0.6) is 17.2 Å². The van der Waals surface area contributed by atoms with Crippen molar-refractivity contribution < 1.29 is 19.0 Å². The molecule has 0 spiro atoms. The fourth-order valence-electron chi connectivity index (χ4n) is 3.70. The van der Waals surface area contributed by atoms with Crippen molar-refractivity contribution in [3.8, 4) is 23.3 Å². The first-order valence-corrected chi connectivity index (χ1v) is 14.4. The Morgan fingerprint density at radius 2 is 1.60 bits per heavy atom. The number of hydrogen-bond acceptors (Lipinski definition) is 5. The van der Waals surface area contributed by atoms with Gasteiger partial charge in [0.25, 0.3) is 5.91 Å². The number of anilines is 1. The smallest absolute Gasteiger partial charge is 0.266 e. The van der Waals surface area contributed by atoms with Gasteiger partial charge in [-0.25, -0.2) is 0 Å². The maximum atomic E-state index is 12.9. The van der Waals surface area contributed by atoms with Gasteiger partial charge in [0.1, 0.15) is 30.6 Å². The number of carbonyl (C=O) groups excluding carboxylic acids is 1. The predicted molar refractivity (Wildman–Crippen MR) is 168 cm³/mol. The zero-order chi connectivity index (χ0) is 28.3. The van der Waals surface area contributed by atoms with Crippen molar-refractivity contribution in [2.45, 2.75) is 20.1 Å². The monoisotopic (exact) mass is 708 g/mol. The summed E-state index contributed by atoms with van der Waals surface area (Å²) in [4.78, 5) is 12.9. The molecule has 40 heavy (non-hydrogen) atoms. The van der Waals surface area contributed by atoms with Gasteiger partial charge in [-0.15, -0.1) is 0 Å². The number of amides is 1. The Bertz CT molecular complexity index is 1520. The molecule has 0 fully saturated rings. The minimum Gasteiger partial charge on any atom is -0.490 e. The van der Waals surface area contributed by atoms with Crippen molar-refractivity contribution in [2.75, 3.05) is 11.9 Å². The number of nitrogens with zero attached hydrogens (tertiary/aromatic N) is 1. The first-order chi connectivity index (χ1) is 19.4. The Morgan fingerprint density at radius 3 is 2.27 bits per heavy atom. The Balaban J connectivity index is 1.44. The second-order valence-corrected chi connectivity index (χ2v) is 10.7. The van der Waals surface area contributed by atoms with Crippen LogP contribution in [0.4, 0.5) is 5.69 Å². The highest BCUT2D eigenvalue weighted by Gasteiger charge is 2.15. The average molecular weight is 709 g/mol. The molecule has 4 rings (SSSR count). The van der Waals surface area contributed by atoms with Crippen molar-refractivity contribution in [3.63, 3.8) is 0 Å². The van der Waals surface area contributed by atoms with E-state index in [2.05, 4.69) is 43.8 Å². The lowest BCUT2D eigenvalue weighted by Gasteiger charge is -2.15. The van der Waals surface area contributed by atoms with Crippen LogP contribution in [0.2, 0.25) is 0 Å². The summed E-state index contributed by atoms with van der Waals surface area (Å²) in [5.74, 6) is 1.32. The molecule has 0 bridgehead atoms. The Labute approximate surface area is 255 Å². The summed E-state index contributed by atoms with van der Waals surface area (Å²) in [6.07, 6.45) is 1.54. The SMILES string of the molecule is CCOc1cc(/C=C(\C#N)C(=O)Nc2ccc(OCc3ccccc3)cc2)cc(I)c1OCc1ccc(Br)cc1. The van der Waals surface area contributed by atoms with Gasteiger partial charge in [0.05, 0.1) is 10.2 Å². The summed E-state index contributed by atoms with van der Waals surface area (Å²) >= 11 is 5.61. The molecule has 0 atom stereocenters. The maximum Gasteiger partial charge on any atom is 0.266 e. The van der Waals surface area contributed by atoms with Crippen LogP contribution in [0.3, 0.4) is 0 Å². The predicted octanol–water partition coefficient (Wildman–Crippen LogP) is 8.16. The van der Waals surface area contributed by atoms with Crippen LogP contribution in [0.15, 0.2) is 101 Å². The summed E-state index contributed by atoms with van der Waals surface area (Å²) in [5, 5.41) is 12.5. The third-order valence-electron chi connectivity index (χ3n) is 5.66. The fraction of sp³-hybridized carbons (Fsp3) is 0.125. The summed E-state index contributed by atoms with van der Waals surface area (Å²) < 4.78 is 19.5. The van der Waals surface area contributed by atoms with Gasteiger partial charge in [-0.3, -0.25) is 4.79 Å². The quantitative estimate of drug-likeness (QED) is 0.0967. The van der Waals surface area contributed by atoms with E-state index >= 15 is 0 Å². The minimum atomic E-state index is -0.510. The topological polar surface area (TPSA) is 80.6 Å². The van der Waals surface area contributed by atoms with E-state index in [1.54, 1.807) is 30.3 Å². The lowest BCUT2D eigenvalue weighted by Crippen LogP contribution is -2.13. The number of benzene rings is 4. The number of rotatable bonds is 11. The van der Waals surface area contributed by atoms with Crippen LogP contribution < -0.4 is 19.5 Å². The lowest BCUT2D eigenvalue weighted by atomic mass is 10.1. The molecule has 1 amide bonds. The van der Waals surface area contributed by atoms with Gasteiger partial charge in [-0.2, -0.15) is 5.26 Å². The number of nitriles is 1. The molecular formula is C32H26BrIN2O4. The average Bonchev–Trinajstić information content (AvgIpc) is 2.96. The molecular weight excluding hydrogens is 683 g/mol. The van der Waals surface area contributed by atoms with Gasteiger partial charge in [0.15, 0.2) is 11.5 Å². The van der Waals surface area contributed by atoms with Crippen molar-refractivity contribution in [2.24, 2.45) is 0 Å². The Hall–Kier alpha value is -3.81. The van der Waals surface area contributed by atoms with Gasteiger partial charge in [-0.05, 0) is 101 Å². The van der Waals surface area contributed by atoms with Gasteiger partial charge < -0.3 is 19.5 Å². The summed E-state index contributed by atoms with van der Waals surface area (Å²) in [7, 11) is 0. The van der Waals surface area contributed by atoms with Crippen LogP contribution in [0.25, 0.3) is 6.08 Å². The second-order valence-electron chi connectivity index (χ2n) is 8.60. The molecule has 0 aliphatic carbocycles. The molecule has 0 saturated carbocycles. The third kappa shape index (κ3) is 8.34. The number of ether oxygens (including phenoxy) is 3. The Kier molecular flexibility index (Phi) is 10.6. The molecule has 4 aromatic carbocycles. The lowest BCUT2D eigenvalue weighted by molar-refractivity contribution is -0.112. The third-order valence-corrected chi connectivity index (χ3v) is 6.99. The first kappa shape index (κ1) is 29.2. The molecule has 0 unspecified atom stereocenters. The maximum absolute atomic E-state index is 12.9. The van der Waals surface area contributed by atoms with Crippen molar-refractivity contribution in [3.05, 3.63) is 121 Å². The second kappa shape index (κ2) is 14.5. The van der Waals surface area contributed by atoms with Gasteiger partial charge in [0, 0.05) is 10.2 Å². The highest BCUT2D eigenvalue weighted by molar-refractivity contribution is 14.1. The van der Waals surface area contributed by atoms with Crippen LogP contribution in [-0.2, 0) is 18.0 Å². The summed E-state index contributed by atoms with van der Waals surface area (Å²) in [5.41, 5.74) is 3.26. The van der Waals surface area contributed by atoms with E-state index in [0.29, 0.717) is 48.3 Å². The molecule has 8 heteroatoms. The van der Waals surface area contributed by atoms with E-state index in [4.69, 9.17) is 14.2 Å². The number of halogens is 2. The molecule has 0 heterocycles. The highest BCUT2D eigenvalue weighted by Crippen LogP contribution is 2.35. The normalized spacial score (nSPS) is 10.9. The highest BCUT2D eigenvalue weighted by atomic mass is 127. The van der Waals surface area contributed by atoms with Crippen LogP contribution in [0, 0.1) is 14.9 Å². The molecule has 1 N–H and O–H groups in total. The fourth-order valence-corrected chi connectivity index (χ4v) is 4.74. The standard InChI is InChI=1S/C32H26BrIN2O4/c1-2-38-30-18-24(17-29(34)31(30)40-21-23-8-10-26(33)11-9-23)16-25(19-35)32(37)36-27-12-14-28(15-13-27)39-20-22-6-4-3-5-7-22/h3-18H,2,20-21H2,1H3,(H,36,37)/b25-16+. The first-order valence-electron chi connectivity index (χ1n) is 12.5. The van der Waals surface area contributed by atoms with E-state index in [1.807, 2.05) is 73.7 Å². The van der Waals surface area contributed by atoms with E-state index < -0.39 is 5.91 Å². The molecule has 0 radical (unpaired) electrons. The molecule has 0 aliphatic heterocycles. The van der Waals surface area contributed by atoms with Crippen LogP contribution in [-0.4, -0.2) is 12.5 Å². The van der Waals surface area contributed by atoms with Gasteiger partial charge >= 0.3 is 0 Å². The van der Waals surface area contributed by atoms with Gasteiger partial charge in [0.2, 0.25) is 0 Å². The number of hydrogen-bond donors (Lipinski definition) is 1. The number of carbonyl (C=O) groups is 1. The molecule has 202 valence electrons. The number of nitrogens with one attached hydrogen (secondary N) is 1. The van der Waals surface area contributed by atoms with E-state index in [-0.39, 0.29) is 5.57 Å². The molecule has 0 saturated heterocycles. The van der Waals surface area contributed by atoms with E-state index in [9.17, 15) is 10.1 Å². The summed E-state index contributed by atoms with van der Waals surface area (Å²) in [6.45, 7) is 3.15. The van der Waals surface area contributed by atoms with Crippen molar-refractivity contribution in [1.29, 1.82) is 5.26 Å². The zero-order valence-corrected chi connectivity index (χ0v) is 25.4. The van der Waals surface area contributed by atoms with Crippen molar-refractivity contribution >= 4 is 56.2 Å². The van der Waals surface area contributed by atoms with Gasteiger partial charge in [-0.1, -0.05) is 58.4 Å². The van der Waals surface area contributed by atoms with Crippen LogP contribution in [0.1, 0.15) is 23.6 Å². The largest absolute Gasteiger partial charge is 0.490 e. The van der Waals surface area contributed by atoms with Crippen LogP contribution >= 0.6 is 38.5 Å². The van der Waals surface area contributed by atoms with Crippen molar-refractivity contribution in [1.82, 2.24) is 0 Å². The molecule has 0 aliphatic rings. The minimum absolute atomic E-state index is 0.0359. The Morgan fingerprint density at radius 1 is 0.925 bits per heavy atom. The zero-order valence-electron chi connectivity index (χ0n) is 21.7. The molecule has 4 aromatic rings. The molecule has 6 nitrogen and oxygen atoms in total.